The Balaban J connectivity index is 2.08. The SMILES string of the molecule is CN(C(=O)C1CC=CCC1)c1ccc(O)cc1. The predicted molar refractivity (Wildman–Crippen MR) is 68.0 cm³/mol. The number of hydrogen-bond acceptors (Lipinski definition) is 2. The lowest BCUT2D eigenvalue weighted by Gasteiger charge is -2.24. The summed E-state index contributed by atoms with van der Waals surface area (Å²) in [5, 5.41) is 9.21. The van der Waals surface area contributed by atoms with Crippen molar-refractivity contribution in [1.82, 2.24) is 0 Å². The number of phenols is 1. The largest absolute Gasteiger partial charge is 0.508 e. The molecule has 1 N–H and O–H groups in total. The Hall–Kier alpha value is -1.77. The molecule has 0 radical (unpaired) electrons. The van der Waals surface area contributed by atoms with E-state index in [0.29, 0.717) is 0 Å². The van der Waals surface area contributed by atoms with E-state index >= 15 is 0 Å². The normalized spacial score (nSPS) is 19.0. The molecule has 3 heteroatoms. The molecule has 0 aromatic heterocycles. The molecular formula is C14H17NO2. The maximum Gasteiger partial charge on any atom is 0.230 e. The van der Waals surface area contributed by atoms with Gasteiger partial charge in [-0.1, -0.05) is 12.2 Å². The van der Waals surface area contributed by atoms with Gasteiger partial charge in [-0.3, -0.25) is 4.79 Å². The van der Waals surface area contributed by atoms with E-state index in [1.54, 1.807) is 36.2 Å². The third-order valence-corrected chi connectivity index (χ3v) is 3.19. The summed E-state index contributed by atoms with van der Waals surface area (Å²) in [6.45, 7) is 0. The molecule has 90 valence electrons. The van der Waals surface area contributed by atoms with Crippen molar-refractivity contribution < 1.29 is 9.90 Å². The maximum absolute atomic E-state index is 12.2. The molecule has 1 unspecified atom stereocenters. The zero-order valence-corrected chi connectivity index (χ0v) is 9.97. The number of anilines is 1. The topological polar surface area (TPSA) is 40.5 Å². The predicted octanol–water partition coefficient (Wildman–Crippen LogP) is 2.71. The van der Waals surface area contributed by atoms with Crippen LogP contribution in [0.5, 0.6) is 5.75 Å². The zero-order chi connectivity index (χ0) is 12.3. The monoisotopic (exact) mass is 231 g/mol. The van der Waals surface area contributed by atoms with Crippen LogP contribution in [0.3, 0.4) is 0 Å². The number of phenolic OH excluding ortho intramolecular Hbond substituents is 1. The second-order valence-electron chi connectivity index (χ2n) is 4.40. The molecular weight excluding hydrogens is 214 g/mol. The van der Waals surface area contributed by atoms with E-state index in [2.05, 4.69) is 12.2 Å². The summed E-state index contributed by atoms with van der Waals surface area (Å²) in [5.41, 5.74) is 0.822. The molecule has 0 heterocycles. The van der Waals surface area contributed by atoms with Gasteiger partial charge in [-0.25, -0.2) is 0 Å². The summed E-state index contributed by atoms with van der Waals surface area (Å²) in [6, 6.07) is 6.71. The van der Waals surface area contributed by atoms with Crippen LogP contribution in [0.2, 0.25) is 0 Å². The lowest BCUT2D eigenvalue weighted by molar-refractivity contribution is -0.122. The third-order valence-electron chi connectivity index (χ3n) is 3.19. The minimum atomic E-state index is 0.0961. The van der Waals surface area contributed by atoms with Gasteiger partial charge in [0.05, 0.1) is 0 Å². The van der Waals surface area contributed by atoms with Crippen LogP contribution < -0.4 is 4.90 Å². The quantitative estimate of drug-likeness (QED) is 0.795. The number of allylic oxidation sites excluding steroid dienone is 2. The highest BCUT2D eigenvalue weighted by Gasteiger charge is 2.22. The van der Waals surface area contributed by atoms with Crippen molar-refractivity contribution in [3.8, 4) is 5.75 Å². The Bertz CT molecular complexity index is 422. The standard InChI is InChI=1S/C14H17NO2/c1-15(12-7-9-13(16)10-8-12)14(17)11-5-3-2-4-6-11/h2-3,7-11,16H,4-6H2,1H3. The first-order chi connectivity index (χ1) is 8.18. The molecule has 0 saturated carbocycles. The molecule has 3 nitrogen and oxygen atoms in total. The van der Waals surface area contributed by atoms with Crippen LogP contribution in [0.25, 0.3) is 0 Å². The Kier molecular flexibility index (Phi) is 3.47. The van der Waals surface area contributed by atoms with E-state index in [9.17, 15) is 9.90 Å². The molecule has 1 aromatic rings. The lowest BCUT2D eigenvalue weighted by Crippen LogP contribution is -2.33. The van der Waals surface area contributed by atoms with Crippen LogP contribution in [0, 0.1) is 5.92 Å². The van der Waals surface area contributed by atoms with Gasteiger partial charge >= 0.3 is 0 Å². The lowest BCUT2D eigenvalue weighted by atomic mass is 9.93. The number of benzene rings is 1. The molecule has 1 atom stereocenters. The van der Waals surface area contributed by atoms with Crippen molar-refractivity contribution in [2.75, 3.05) is 11.9 Å². The average molecular weight is 231 g/mol. The first-order valence-corrected chi connectivity index (χ1v) is 5.90. The Morgan fingerprint density at radius 3 is 2.59 bits per heavy atom. The molecule has 0 fully saturated rings. The van der Waals surface area contributed by atoms with Crippen LogP contribution in [-0.2, 0) is 4.79 Å². The summed E-state index contributed by atoms with van der Waals surface area (Å²) in [7, 11) is 1.78. The average Bonchev–Trinajstić information content (AvgIpc) is 2.39. The van der Waals surface area contributed by atoms with Crippen LogP contribution in [-0.4, -0.2) is 18.1 Å². The number of carbonyl (C=O) groups is 1. The molecule has 17 heavy (non-hydrogen) atoms. The Labute approximate surface area is 101 Å². The Morgan fingerprint density at radius 1 is 1.29 bits per heavy atom. The van der Waals surface area contributed by atoms with Crippen LogP contribution >= 0.6 is 0 Å². The van der Waals surface area contributed by atoms with Crippen molar-refractivity contribution in [3.05, 3.63) is 36.4 Å². The molecule has 0 aliphatic heterocycles. The van der Waals surface area contributed by atoms with E-state index in [4.69, 9.17) is 0 Å². The van der Waals surface area contributed by atoms with Crippen LogP contribution in [0.1, 0.15) is 19.3 Å². The summed E-state index contributed by atoms with van der Waals surface area (Å²) in [5.74, 6) is 0.467. The van der Waals surface area contributed by atoms with Crippen molar-refractivity contribution >= 4 is 11.6 Å². The third kappa shape index (κ3) is 2.67. The summed E-state index contributed by atoms with van der Waals surface area (Å²) >= 11 is 0. The molecule has 2 rings (SSSR count). The van der Waals surface area contributed by atoms with Gasteiger partial charge < -0.3 is 10.0 Å². The van der Waals surface area contributed by atoms with Gasteiger partial charge in [0.25, 0.3) is 0 Å². The molecule has 0 bridgehead atoms. The second-order valence-corrected chi connectivity index (χ2v) is 4.40. The van der Waals surface area contributed by atoms with E-state index in [1.807, 2.05) is 0 Å². The van der Waals surface area contributed by atoms with Gasteiger partial charge in [-0.15, -0.1) is 0 Å². The highest BCUT2D eigenvalue weighted by molar-refractivity contribution is 5.94. The Morgan fingerprint density at radius 2 is 2.00 bits per heavy atom. The van der Waals surface area contributed by atoms with Gasteiger partial charge in [0, 0.05) is 18.7 Å². The number of hydrogen-bond donors (Lipinski definition) is 1. The first kappa shape index (κ1) is 11.7. The number of carbonyl (C=O) groups excluding carboxylic acids is 1. The van der Waals surface area contributed by atoms with E-state index < -0.39 is 0 Å². The van der Waals surface area contributed by atoms with Gasteiger partial charge in [0.1, 0.15) is 5.75 Å². The smallest absolute Gasteiger partial charge is 0.230 e. The number of nitrogens with zero attached hydrogens (tertiary/aromatic N) is 1. The molecule has 1 amide bonds. The van der Waals surface area contributed by atoms with Crippen molar-refractivity contribution in [2.45, 2.75) is 19.3 Å². The van der Waals surface area contributed by atoms with Crippen molar-refractivity contribution in [2.24, 2.45) is 5.92 Å². The fraction of sp³-hybridized carbons (Fsp3) is 0.357. The number of amides is 1. The van der Waals surface area contributed by atoms with Crippen LogP contribution in [0.4, 0.5) is 5.69 Å². The van der Waals surface area contributed by atoms with Gasteiger partial charge in [0.15, 0.2) is 0 Å². The summed E-state index contributed by atoms with van der Waals surface area (Å²) in [6.07, 6.45) is 6.96. The van der Waals surface area contributed by atoms with E-state index in [1.165, 1.54) is 0 Å². The molecule has 1 aliphatic rings. The van der Waals surface area contributed by atoms with Crippen molar-refractivity contribution in [1.29, 1.82) is 0 Å². The van der Waals surface area contributed by atoms with Gasteiger partial charge in [0.2, 0.25) is 5.91 Å². The van der Waals surface area contributed by atoms with Gasteiger partial charge in [-0.2, -0.15) is 0 Å². The van der Waals surface area contributed by atoms with Gasteiger partial charge in [-0.05, 0) is 43.5 Å². The zero-order valence-electron chi connectivity index (χ0n) is 9.97. The number of aromatic hydroxyl groups is 1. The summed E-state index contributed by atoms with van der Waals surface area (Å²) < 4.78 is 0. The fourth-order valence-electron chi connectivity index (χ4n) is 2.10. The molecule has 0 saturated heterocycles. The fourth-order valence-corrected chi connectivity index (χ4v) is 2.10. The highest BCUT2D eigenvalue weighted by Crippen LogP contribution is 2.24. The first-order valence-electron chi connectivity index (χ1n) is 5.90. The van der Waals surface area contributed by atoms with E-state index in [-0.39, 0.29) is 17.6 Å². The second kappa shape index (κ2) is 5.04. The summed E-state index contributed by atoms with van der Waals surface area (Å²) in [4.78, 5) is 13.9. The minimum Gasteiger partial charge on any atom is -0.508 e. The van der Waals surface area contributed by atoms with E-state index in [0.717, 1.165) is 24.9 Å². The minimum absolute atomic E-state index is 0.0961. The number of rotatable bonds is 2. The molecule has 0 spiro atoms. The van der Waals surface area contributed by atoms with Crippen molar-refractivity contribution in [3.63, 3.8) is 0 Å². The van der Waals surface area contributed by atoms with Crippen LogP contribution in [0.15, 0.2) is 36.4 Å². The molecule has 1 aliphatic carbocycles. The maximum atomic E-state index is 12.2. The molecule has 1 aromatic carbocycles. The highest BCUT2D eigenvalue weighted by atomic mass is 16.3.